The molecule has 0 radical (unpaired) electrons. The van der Waals surface area contributed by atoms with Crippen LogP contribution in [0.5, 0.6) is 5.75 Å². The van der Waals surface area contributed by atoms with E-state index in [0.717, 1.165) is 66.9 Å². The second-order valence-corrected chi connectivity index (χ2v) is 12.1. The van der Waals surface area contributed by atoms with Gasteiger partial charge in [0.2, 0.25) is 0 Å². The normalized spacial score (nSPS) is 16.2. The number of pyridine rings is 2. The summed E-state index contributed by atoms with van der Waals surface area (Å²) in [6.45, 7) is 3.82. The minimum absolute atomic E-state index is 0.161. The van der Waals surface area contributed by atoms with Gasteiger partial charge < -0.3 is 20.3 Å². The number of nitrogens with zero attached hydrogens (tertiary/aromatic N) is 4. The molecule has 4 heterocycles. The van der Waals surface area contributed by atoms with Crippen LogP contribution in [-0.2, 0) is 10.0 Å². The Kier molecular flexibility index (Phi) is 6.28. The van der Waals surface area contributed by atoms with E-state index in [4.69, 9.17) is 4.74 Å². The van der Waals surface area contributed by atoms with E-state index in [2.05, 4.69) is 37.6 Å². The van der Waals surface area contributed by atoms with Crippen LogP contribution in [0.25, 0.3) is 21.8 Å². The third kappa shape index (κ3) is 4.52. The maximum absolute atomic E-state index is 13.8. The van der Waals surface area contributed by atoms with Crippen LogP contribution in [0.3, 0.4) is 0 Å². The van der Waals surface area contributed by atoms with Gasteiger partial charge in [0.15, 0.2) is 0 Å². The van der Waals surface area contributed by atoms with Crippen LogP contribution in [-0.4, -0.2) is 54.6 Å². The fraction of sp³-hybridized carbons (Fsp3) is 0.267. The van der Waals surface area contributed by atoms with E-state index in [9.17, 15) is 8.42 Å². The molecule has 3 aromatic heterocycles. The van der Waals surface area contributed by atoms with Gasteiger partial charge in [0.05, 0.1) is 22.8 Å². The SMILES string of the molecule is O=S(=O)(c1cccc2cccnc12)n1ccc2cnc(Nc3ccc(N4CCNCC4)cc3OC3CCC3)cc21. The Balaban J connectivity index is 1.24. The summed E-state index contributed by atoms with van der Waals surface area (Å²) >= 11 is 0. The monoisotopic (exact) mass is 554 g/mol. The third-order valence-electron chi connectivity index (χ3n) is 7.73. The van der Waals surface area contributed by atoms with Gasteiger partial charge in [-0.05, 0) is 49.6 Å². The van der Waals surface area contributed by atoms with Gasteiger partial charge in [-0.1, -0.05) is 18.2 Å². The van der Waals surface area contributed by atoms with Crippen LogP contribution in [0, 0.1) is 0 Å². The fourth-order valence-corrected chi connectivity index (χ4v) is 6.82. The molecule has 0 spiro atoms. The molecule has 40 heavy (non-hydrogen) atoms. The summed E-state index contributed by atoms with van der Waals surface area (Å²) in [6, 6.07) is 18.6. The Morgan fingerprint density at radius 2 is 1.80 bits per heavy atom. The summed E-state index contributed by atoms with van der Waals surface area (Å²) in [5, 5.41) is 8.29. The predicted molar refractivity (Wildman–Crippen MR) is 157 cm³/mol. The highest BCUT2D eigenvalue weighted by Gasteiger charge is 2.24. The van der Waals surface area contributed by atoms with Crippen molar-refractivity contribution in [1.29, 1.82) is 0 Å². The van der Waals surface area contributed by atoms with Crippen molar-refractivity contribution in [2.45, 2.75) is 30.3 Å². The lowest BCUT2D eigenvalue weighted by molar-refractivity contribution is 0.121. The van der Waals surface area contributed by atoms with Gasteiger partial charge in [-0.15, -0.1) is 0 Å². The van der Waals surface area contributed by atoms with Crippen LogP contribution in [0.2, 0.25) is 0 Å². The summed E-state index contributed by atoms with van der Waals surface area (Å²) in [6.07, 6.45) is 8.36. The van der Waals surface area contributed by atoms with E-state index >= 15 is 0 Å². The van der Waals surface area contributed by atoms with Crippen molar-refractivity contribution in [2.75, 3.05) is 36.4 Å². The highest BCUT2D eigenvalue weighted by atomic mass is 32.2. The maximum atomic E-state index is 13.8. The zero-order chi connectivity index (χ0) is 27.1. The highest BCUT2D eigenvalue weighted by Crippen LogP contribution is 2.36. The van der Waals surface area contributed by atoms with Crippen LogP contribution in [0.4, 0.5) is 17.2 Å². The third-order valence-corrected chi connectivity index (χ3v) is 9.45. The Bertz CT molecular complexity index is 1800. The first-order valence-corrected chi connectivity index (χ1v) is 15.1. The second kappa shape index (κ2) is 10.1. The molecule has 10 heteroatoms. The number of hydrogen-bond donors (Lipinski definition) is 2. The summed E-state index contributed by atoms with van der Waals surface area (Å²) in [5.74, 6) is 1.32. The topological polar surface area (TPSA) is 101 Å². The molecular formula is C30H30N6O3S. The zero-order valence-electron chi connectivity index (χ0n) is 22.0. The lowest BCUT2D eigenvalue weighted by Crippen LogP contribution is -2.43. The van der Waals surface area contributed by atoms with Crippen LogP contribution >= 0.6 is 0 Å². The molecule has 2 fully saturated rings. The van der Waals surface area contributed by atoms with Gasteiger partial charge in [0, 0.05) is 73.4 Å². The first-order chi connectivity index (χ1) is 19.6. The molecule has 1 saturated carbocycles. The van der Waals surface area contributed by atoms with Gasteiger partial charge in [-0.25, -0.2) is 17.4 Å². The van der Waals surface area contributed by atoms with E-state index in [1.807, 2.05) is 18.2 Å². The first kappa shape index (κ1) is 24.9. The minimum Gasteiger partial charge on any atom is -0.488 e. The largest absolute Gasteiger partial charge is 0.488 e. The van der Waals surface area contributed by atoms with Crippen molar-refractivity contribution < 1.29 is 13.2 Å². The van der Waals surface area contributed by atoms with Gasteiger partial charge >= 0.3 is 0 Å². The Labute approximate surface area is 232 Å². The molecule has 5 aromatic rings. The average molecular weight is 555 g/mol. The Morgan fingerprint density at radius 3 is 2.62 bits per heavy atom. The smallest absolute Gasteiger partial charge is 0.270 e. The van der Waals surface area contributed by atoms with E-state index < -0.39 is 10.0 Å². The van der Waals surface area contributed by atoms with Gasteiger partial charge in [0.1, 0.15) is 16.5 Å². The number of nitrogens with one attached hydrogen (secondary N) is 2. The Morgan fingerprint density at radius 1 is 0.950 bits per heavy atom. The van der Waals surface area contributed by atoms with Crippen molar-refractivity contribution >= 4 is 49.0 Å². The number of hydrogen-bond acceptors (Lipinski definition) is 8. The fourth-order valence-electron chi connectivity index (χ4n) is 5.31. The standard InChI is InChI=1S/C30H30N6O3S/c37-40(38,28-8-1-4-21-5-3-12-32-30(21)28)36-15-11-22-20-33-29(19-26(22)36)34-25-10-9-23(35-16-13-31-14-17-35)18-27(25)39-24-6-2-7-24/h1,3-5,8-12,15,18-20,24,31H,2,6-7,13-14,16-17H2,(H,33,34). The number of benzene rings is 2. The molecule has 2 aromatic carbocycles. The lowest BCUT2D eigenvalue weighted by atomic mass is 9.96. The number of piperazine rings is 1. The van der Waals surface area contributed by atoms with Crippen molar-refractivity contribution in [1.82, 2.24) is 19.3 Å². The molecule has 0 amide bonds. The molecule has 2 N–H and O–H groups in total. The number of ether oxygens (including phenoxy) is 1. The Hall–Kier alpha value is -4.15. The summed E-state index contributed by atoms with van der Waals surface area (Å²) in [4.78, 5) is 11.5. The zero-order valence-corrected chi connectivity index (χ0v) is 22.8. The minimum atomic E-state index is -3.91. The second-order valence-electron chi connectivity index (χ2n) is 10.3. The van der Waals surface area contributed by atoms with Crippen molar-refractivity contribution in [3.63, 3.8) is 0 Å². The quantitative estimate of drug-likeness (QED) is 0.293. The molecule has 7 rings (SSSR count). The number of aromatic nitrogens is 3. The van der Waals surface area contributed by atoms with Crippen molar-refractivity contribution in [2.24, 2.45) is 0 Å². The van der Waals surface area contributed by atoms with Crippen molar-refractivity contribution in [3.05, 3.63) is 79.3 Å². The average Bonchev–Trinajstić information content (AvgIpc) is 3.40. The summed E-state index contributed by atoms with van der Waals surface area (Å²) in [5.41, 5.74) is 2.91. The number of rotatable bonds is 7. The van der Waals surface area contributed by atoms with Gasteiger partial charge in [-0.3, -0.25) is 4.98 Å². The molecule has 0 atom stereocenters. The van der Waals surface area contributed by atoms with E-state index in [1.54, 1.807) is 48.9 Å². The molecule has 1 aliphatic carbocycles. The summed E-state index contributed by atoms with van der Waals surface area (Å²) in [7, 11) is -3.91. The summed E-state index contributed by atoms with van der Waals surface area (Å²) < 4.78 is 35.4. The molecule has 204 valence electrons. The molecule has 2 aliphatic rings. The van der Waals surface area contributed by atoms with Crippen LogP contribution < -0.4 is 20.3 Å². The molecule has 0 unspecified atom stereocenters. The van der Waals surface area contributed by atoms with Crippen LogP contribution in [0.1, 0.15) is 19.3 Å². The first-order valence-electron chi connectivity index (χ1n) is 13.7. The van der Waals surface area contributed by atoms with E-state index in [0.29, 0.717) is 16.9 Å². The molecule has 1 aliphatic heterocycles. The lowest BCUT2D eigenvalue weighted by Gasteiger charge is -2.31. The van der Waals surface area contributed by atoms with Gasteiger partial charge in [-0.2, -0.15) is 0 Å². The van der Waals surface area contributed by atoms with E-state index in [1.165, 1.54) is 10.4 Å². The number of para-hydroxylation sites is 1. The van der Waals surface area contributed by atoms with E-state index in [-0.39, 0.29) is 11.0 Å². The maximum Gasteiger partial charge on any atom is 0.270 e. The molecular weight excluding hydrogens is 524 g/mol. The highest BCUT2D eigenvalue weighted by molar-refractivity contribution is 7.90. The van der Waals surface area contributed by atoms with Crippen molar-refractivity contribution in [3.8, 4) is 5.75 Å². The molecule has 1 saturated heterocycles. The number of fused-ring (bicyclic) bond motifs is 2. The number of anilines is 3. The molecule has 9 nitrogen and oxygen atoms in total. The molecule has 0 bridgehead atoms. The predicted octanol–water partition coefficient (Wildman–Crippen LogP) is 4.91. The van der Waals surface area contributed by atoms with Gasteiger partial charge in [0.25, 0.3) is 10.0 Å². The van der Waals surface area contributed by atoms with Crippen LogP contribution in [0.15, 0.2) is 84.1 Å².